The van der Waals surface area contributed by atoms with E-state index in [9.17, 15) is 0 Å². The summed E-state index contributed by atoms with van der Waals surface area (Å²) in [6.45, 7) is 0.137. The SMILES string of the molecule is Nc1cccc(Cl)c1Oc1ccc(CCO)cc1. The number of nitrogen functional groups attached to an aromatic ring is 1. The first kappa shape index (κ1) is 12.7. The molecule has 0 radical (unpaired) electrons. The van der Waals surface area contributed by atoms with Gasteiger partial charge in [-0.15, -0.1) is 0 Å². The summed E-state index contributed by atoms with van der Waals surface area (Å²) in [6.07, 6.45) is 0.633. The Balaban J connectivity index is 2.18. The molecule has 0 heterocycles. The van der Waals surface area contributed by atoms with Gasteiger partial charge in [0.1, 0.15) is 5.75 Å². The first-order chi connectivity index (χ1) is 8.70. The van der Waals surface area contributed by atoms with Crippen molar-refractivity contribution < 1.29 is 9.84 Å². The maximum atomic E-state index is 8.83. The number of anilines is 1. The number of aliphatic hydroxyl groups is 1. The Labute approximate surface area is 111 Å². The highest BCUT2D eigenvalue weighted by Crippen LogP contribution is 2.34. The molecular formula is C14H14ClNO2. The van der Waals surface area contributed by atoms with E-state index < -0.39 is 0 Å². The minimum Gasteiger partial charge on any atom is -0.454 e. The Morgan fingerprint density at radius 3 is 2.44 bits per heavy atom. The molecule has 0 saturated carbocycles. The van der Waals surface area contributed by atoms with Crippen LogP contribution in [0.5, 0.6) is 11.5 Å². The van der Waals surface area contributed by atoms with Crippen molar-refractivity contribution in [1.82, 2.24) is 0 Å². The van der Waals surface area contributed by atoms with Gasteiger partial charge < -0.3 is 15.6 Å². The lowest BCUT2D eigenvalue weighted by Crippen LogP contribution is -1.94. The molecule has 0 aliphatic rings. The van der Waals surface area contributed by atoms with Gasteiger partial charge in [-0.25, -0.2) is 0 Å². The van der Waals surface area contributed by atoms with E-state index in [0.717, 1.165) is 5.56 Å². The Kier molecular flexibility index (Phi) is 4.07. The van der Waals surface area contributed by atoms with Crippen molar-refractivity contribution in [1.29, 1.82) is 0 Å². The van der Waals surface area contributed by atoms with Crippen LogP contribution < -0.4 is 10.5 Å². The normalized spacial score (nSPS) is 10.3. The molecule has 18 heavy (non-hydrogen) atoms. The summed E-state index contributed by atoms with van der Waals surface area (Å²) in [7, 11) is 0. The van der Waals surface area contributed by atoms with Crippen molar-refractivity contribution in [2.75, 3.05) is 12.3 Å². The van der Waals surface area contributed by atoms with Gasteiger partial charge in [-0.05, 0) is 36.2 Å². The average Bonchev–Trinajstić information content (AvgIpc) is 2.36. The molecule has 0 unspecified atom stereocenters. The van der Waals surface area contributed by atoms with Crippen LogP contribution in [0.3, 0.4) is 0 Å². The topological polar surface area (TPSA) is 55.5 Å². The van der Waals surface area contributed by atoms with Crippen LogP contribution in [0.4, 0.5) is 5.69 Å². The van der Waals surface area contributed by atoms with E-state index in [1.807, 2.05) is 24.3 Å². The lowest BCUT2D eigenvalue weighted by atomic mass is 10.1. The second-order valence-electron chi connectivity index (χ2n) is 3.88. The zero-order valence-corrected chi connectivity index (χ0v) is 10.5. The minimum atomic E-state index is 0.137. The maximum absolute atomic E-state index is 8.83. The van der Waals surface area contributed by atoms with Gasteiger partial charge in [0.25, 0.3) is 0 Å². The second kappa shape index (κ2) is 5.76. The zero-order valence-electron chi connectivity index (χ0n) is 9.77. The Bertz CT molecular complexity index is 506. The highest BCUT2D eigenvalue weighted by molar-refractivity contribution is 6.32. The Morgan fingerprint density at radius 1 is 1.11 bits per heavy atom. The number of benzene rings is 2. The molecule has 2 rings (SSSR count). The van der Waals surface area contributed by atoms with Crippen molar-refractivity contribution in [2.24, 2.45) is 0 Å². The van der Waals surface area contributed by atoms with Gasteiger partial charge in [0.05, 0.1) is 10.7 Å². The number of hydrogen-bond acceptors (Lipinski definition) is 3. The highest BCUT2D eigenvalue weighted by atomic mass is 35.5. The summed E-state index contributed by atoms with van der Waals surface area (Å²) in [5.41, 5.74) is 7.36. The molecular weight excluding hydrogens is 250 g/mol. The number of nitrogens with two attached hydrogens (primary N) is 1. The fourth-order valence-corrected chi connectivity index (χ4v) is 1.82. The Hall–Kier alpha value is -1.71. The smallest absolute Gasteiger partial charge is 0.168 e. The lowest BCUT2D eigenvalue weighted by molar-refractivity contribution is 0.299. The number of hydrogen-bond donors (Lipinski definition) is 2. The third-order valence-corrected chi connectivity index (χ3v) is 2.84. The zero-order chi connectivity index (χ0) is 13.0. The first-order valence-corrected chi connectivity index (χ1v) is 6.00. The van der Waals surface area contributed by atoms with Crippen molar-refractivity contribution in [3.63, 3.8) is 0 Å². The molecule has 0 spiro atoms. The molecule has 0 aliphatic heterocycles. The molecule has 0 bridgehead atoms. The van der Waals surface area contributed by atoms with Gasteiger partial charge in [-0.3, -0.25) is 0 Å². The maximum Gasteiger partial charge on any atom is 0.168 e. The monoisotopic (exact) mass is 263 g/mol. The molecule has 3 N–H and O–H groups in total. The molecule has 0 amide bonds. The minimum absolute atomic E-state index is 0.137. The van der Waals surface area contributed by atoms with E-state index in [0.29, 0.717) is 28.6 Å². The van der Waals surface area contributed by atoms with E-state index >= 15 is 0 Å². The van der Waals surface area contributed by atoms with Crippen molar-refractivity contribution >= 4 is 17.3 Å². The van der Waals surface area contributed by atoms with Crippen LogP contribution in [0.15, 0.2) is 42.5 Å². The number of ether oxygens (including phenoxy) is 1. The summed E-state index contributed by atoms with van der Waals surface area (Å²) in [5.74, 6) is 1.13. The average molecular weight is 264 g/mol. The van der Waals surface area contributed by atoms with Crippen LogP contribution in [0, 0.1) is 0 Å². The van der Waals surface area contributed by atoms with Gasteiger partial charge in [0.15, 0.2) is 5.75 Å². The first-order valence-electron chi connectivity index (χ1n) is 5.62. The molecule has 0 aromatic heterocycles. The fraction of sp³-hybridized carbons (Fsp3) is 0.143. The summed E-state index contributed by atoms with van der Waals surface area (Å²) in [4.78, 5) is 0. The molecule has 0 saturated heterocycles. The van der Waals surface area contributed by atoms with E-state index in [2.05, 4.69) is 0 Å². The molecule has 0 atom stereocenters. The van der Waals surface area contributed by atoms with Gasteiger partial charge in [0, 0.05) is 6.61 Å². The molecule has 4 heteroatoms. The van der Waals surface area contributed by atoms with Crippen molar-refractivity contribution in [3.8, 4) is 11.5 Å². The van der Waals surface area contributed by atoms with Crippen LogP contribution in [0.2, 0.25) is 5.02 Å². The standard InChI is InChI=1S/C14H14ClNO2/c15-12-2-1-3-13(16)14(12)18-11-6-4-10(5-7-11)8-9-17/h1-7,17H,8-9,16H2. The second-order valence-corrected chi connectivity index (χ2v) is 4.29. The highest BCUT2D eigenvalue weighted by Gasteiger charge is 2.06. The van der Waals surface area contributed by atoms with Gasteiger partial charge in [-0.1, -0.05) is 29.8 Å². The molecule has 94 valence electrons. The van der Waals surface area contributed by atoms with E-state index in [-0.39, 0.29) is 6.61 Å². The molecule has 2 aromatic carbocycles. The van der Waals surface area contributed by atoms with E-state index in [4.69, 9.17) is 27.2 Å². The lowest BCUT2D eigenvalue weighted by Gasteiger charge is -2.10. The summed E-state index contributed by atoms with van der Waals surface area (Å²) >= 11 is 6.02. The molecule has 2 aromatic rings. The van der Waals surface area contributed by atoms with Crippen molar-refractivity contribution in [2.45, 2.75) is 6.42 Å². The van der Waals surface area contributed by atoms with Gasteiger partial charge in [-0.2, -0.15) is 0 Å². The van der Waals surface area contributed by atoms with E-state index in [1.54, 1.807) is 18.2 Å². The largest absolute Gasteiger partial charge is 0.454 e. The fourth-order valence-electron chi connectivity index (χ4n) is 1.60. The van der Waals surface area contributed by atoms with Gasteiger partial charge >= 0.3 is 0 Å². The third kappa shape index (κ3) is 2.94. The van der Waals surface area contributed by atoms with Crippen LogP contribution in [-0.2, 0) is 6.42 Å². The number of rotatable bonds is 4. The van der Waals surface area contributed by atoms with Gasteiger partial charge in [0.2, 0.25) is 0 Å². The quantitative estimate of drug-likeness (QED) is 0.833. The van der Waals surface area contributed by atoms with Crippen LogP contribution in [0.25, 0.3) is 0 Å². The van der Waals surface area contributed by atoms with Crippen LogP contribution in [0.1, 0.15) is 5.56 Å². The third-order valence-electron chi connectivity index (χ3n) is 2.54. The molecule has 0 fully saturated rings. The predicted molar refractivity (Wildman–Crippen MR) is 73.2 cm³/mol. The number of halogens is 1. The number of aliphatic hydroxyl groups excluding tert-OH is 1. The van der Waals surface area contributed by atoms with Crippen LogP contribution >= 0.6 is 11.6 Å². The Morgan fingerprint density at radius 2 is 1.83 bits per heavy atom. The summed E-state index contributed by atoms with van der Waals surface area (Å²) in [6, 6.07) is 12.7. The molecule has 0 aliphatic carbocycles. The molecule has 3 nitrogen and oxygen atoms in total. The summed E-state index contributed by atoms with van der Waals surface area (Å²) < 4.78 is 5.65. The van der Waals surface area contributed by atoms with E-state index in [1.165, 1.54) is 0 Å². The van der Waals surface area contributed by atoms with Crippen LogP contribution in [-0.4, -0.2) is 11.7 Å². The van der Waals surface area contributed by atoms with Crippen molar-refractivity contribution in [3.05, 3.63) is 53.1 Å². The number of para-hydroxylation sites is 1. The summed E-state index contributed by atoms with van der Waals surface area (Å²) in [5, 5.41) is 9.31. The predicted octanol–water partition coefficient (Wildman–Crippen LogP) is 3.25.